The molecule has 2 fully saturated rings. The zero-order valence-electron chi connectivity index (χ0n) is 9.81. The second-order valence-electron chi connectivity index (χ2n) is 5.78. The number of hydrogen-bond acceptors (Lipinski definition) is 1. The molecular formula is C13H25N. The third-order valence-corrected chi connectivity index (χ3v) is 4.36. The van der Waals surface area contributed by atoms with Gasteiger partial charge >= 0.3 is 0 Å². The molecule has 1 N–H and O–H groups in total. The third-order valence-electron chi connectivity index (χ3n) is 4.36. The molecule has 0 aromatic carbocycles. The molecule has 0 amide bonds. The van der Waals surface area contributed by atoms with Crippen molar-refractivity contribution in [2.45, 2.75) is 76.8 Å². The SMILES string of the molecule is CC1CCC1NC1(C)CCCCCC1. The van der Waals surface area contributed by atoms with Crippen LogP contribution >= 0.6 is 0 Å². The van der Waals surface area contributed by atoms with E-state index in [0.717, 1.165) is 12.0 Å². The predicted octanol–water partition coefficient (Wildman–Crippen LogP) is 3.49. The Bertz CT molecular complexity index is 180. The summed E-state index contributed by atoms with van der Waals surface area (Å²) >= 11 is 0. The van der Waals surface area contributed by atoms with E-state index in [-0.39, 0.29) is 0 Å². The summed E-state index contributed by atoms with van der Waals surface area (Å²) in [6, 6.07) is 0.832. The monoisotopic (exact) mass is 195 g/mol. The minimum atomic E-state index is 0.468. The molecule has 2 aliphatic rings. The smallest absolute Gasteiger partial charge is 0.0156 e. The molecule has 82 valence electrons. The summed E-state index contributed by atoms with van der Waals surface area (Å²) in [6.45, 7) is 4.84. The van der Waals surface area contributed by atoms with E-state index in [1.807, 2.05) is 0 Å². The highest BCUT2D eigenvalue weighted by Gasteiger charge is 2.34. The molecule has 0 radical (unpaired) electrons. The summed E-state index contributed by atoms with van der Waals surface area (Å²) in [7, 11) is 0. The minimum Gasteiger partial charge on any atom is -0.309 e. The fraction of sp³-hybridized carbons (Fsp3) is 1.00. The number of rotatable bonds is 2. The van der Waals surface area contributed by atoms with Gasteiger partial charge in [-0.1, -0.05) is 32.6 Å². The van der Waals surface area contributed by atoms with E-state index in [4.69, 9.17) is 0 Å². The molecule has 1 heteroatoms. The Morgan fingerprint density at radius 2 is 1.64 bits per heavy atom. The number of hydrogen-bond donors (Lipinski definition) is 1. The summed E-state index contributed by atoms with van der Waals surface area (Å²) in [5, 5.41) is 3.92. The van der Waals surface area contributed by atoms with E-state index in [0.29, 0.717) is 5.54 Å². The van der Waals surface area contributed by atoms with Crippen LogP contribution in [-0.4, -0.2) is 11.6 Å². The molecule has 0 bridgehead atoms. The molecular weight excluding hydrogens is 170 g/mol. The quantitative estimate of drug-likeness (QED) is 0.665. The van der Waals surface area contributed by atoms with Gasteiger partial charge in [-0.05, 0) is 38.5 Å². The van der Waals surface area contributed by atoms with Crippen LogP contribution in [0.5, 0.6) is 0 Å². The van der Waals surface area contributed by atoms with Crippen molar-refractivity contribution in [1.82, 2.24) is 5.32 Å². The van der Waals surface area contributed by atoms with Gasteiger partial charge in [-0.25, -0.2) is 0 Å². The molecule has 0 spiro atoms. The lowest BCUT2D eigenvalue weighted by molar-refractivity contribution is 0.159. The molecule has 0 aromatic rings. The van der Waals surface area contributed by atoms with Crippen molar-refractivity contribution in [2.75, 3.05) is 0 Å². The van der Waals surface area contributed by atoms with Crippen LogP contribution in [0.1, 0.15) is 65.2 Å². The van der Waals surface area contributed by atoms with Gasteiger partial charge in [0, 0.05) is 11.6 Å². The van der Waals surface area contributed by atoms with Crippen molar-refractivity contribution in [3.05, 3.63) is 0 Å². The molecule has 2 atom stereocenters. The van der Waals surface area contributed by atoms with Gasteiger partial charge in [0.25, 0.3) is 0 Å². The predicted molar refractivity (Wildman–Crippen MR) is 61.4 cm³/mol. The maximum absolute atomic E-state index is 3.92. The topological polar surface area (TPSA) is 12.0 Å². The van der Waals surface area contributed by atoms with Crippen molar-refractivity contribution in [3.8, 4) is 0 Å². The first-order valence-electron chi connectivity index (χ1n) is 6.47. The average molecular weight is 195 g/mol. The van der Waals surface area contributed by atoms with E-state index in [1.165, 1.54) is 51.4 Å². The van der Waals surface area contributed by atoms with Crippen LogP contribution < -0.4 is 5.32 Å². The van der Waals surface area contributed by atoms with Gasteiger partial charge in [-0.15, -0.1) is 0 Å². The average Bonchev–Trinajstić information content (AvgIpc) is 2.38. The molecule has 0 saturated heterocycles. The fourth-order valence-corrected chi connectivity index (χ4v) is 2.98. The largest absolute Gasteiger partial charge is 0.309 e. The van der Waals surface area contributed by atoms with Gasteiger partial charge in [-0.3, -0.25) is 0 Å². The van der Waals surface area contributed by atoms with Gasteiger partial charge in [0.05, 0.1) is 0 Å². The normalized spacial score (nSPS) is 37.3. The van der Waals surface area contributed by atoms with Crippen LogP contribution in [-0.2, 0) is 0 Å². The van der Waals surface area contributed by atoms with Gasteiger partial charge < -0.3 is 5.32 Å². The van der Waals surface area contributed by atoms with Crippen LogP contribution in [0.4, 0.5) is 0 Å². The van der Waals surface area contributed by atoms with E-state index < -0.39 is 0 Å². The molecule has 2 saturated carbocycles. The standard InChI is InChI=1S/C13H25N/c1-11-7-8-12(11)14-13(2)9-5-3-4-6-10-13/h11-12,14H,3-10H2,1-2H3. The third kappa shape index (κ3) is 2.31. The Hall–Kier alpha value is -0.0400. The fourth-order valence-electron chi connectivity index (χ4n) is 2.98. The van der Waals surface area contributed by atoms with Crippen molar-refractivity contribution in [2.24, 2.45) is 5.92 Å². The molecule has 0 heterocycles. The summed E-state index contributed by atoms with van der Waals surface area (Å²) in [4.78, 5) is 0. The zero-order valence-corrected chi connectivity index (χ0v) is 9.81. The number of nitrogens with one attached hydrogen (secondary N) is 1. The Balaban J connectivity index is 1.86. The molecule has 0 aliphatic heterocycles. The highest BCUT2D eigenvalue weighted by molar-refractivity contribution is 4.93. The molecule has 14 heavy (non-hydrogen) atoms. The van der Waals surface area contributed by atoms with Gasteiger partial charge in [-0.2, -0.15) is 0 Å². The van der Waals surface area contributed by atoms with Gasteiger partial charge in [0.2, 0.25) is 0 Å². The molecule has 2 rings (SSSR count). The van der Waals surface area contributed by atoms with Crippen molar-refractivity contribution >= 4 is 0 Å². The van der Waals surface area contributed by atoms with Crippen LogP contribution in [0.15, 0.2) is 0 Å². The van der Waals surface area contributed by atoms with E-state index in [9.17, 15) is 0 Å². The first-order valence-corrected chi connectivity index (χ1v) is 6.47. The summed E-state index contributed by atoms with van der Waals surface area (Å²) in [5.74, 6) is 0.926. The Kier molecular flexibility index (Phi) is 3.16. The van der Waals surface area contributed by atoms with E-state index in [1.54, 1.807) is 0 Å². The first kappa shape index (κ1) is 10.5. The van der Waals surface area contributed by atoms with E-state index >= 15 is 0 Å². The van der Waals surface area contributed by atoms with Crippen molar-refractivity contribution in [3.63, 3.8) is 0 Å². The molecule has 0 aromatic heterocycles. The van der Waals surface area contributed by atoms with Gasteiger partial charge in [0.1, 0.15) is 0 Å². The zero-order chi connectivity index (χ0) is 10.0. The summed E-state index contributed by atoms with van der Waals surface area (Å²) < 4.78 is 0. The van der Waals surface area contributed by atoms with E-state index in [2.05, 4.69) is 19.2 Å². The highest BCUT2D eigenvalue weighted by Crippen LogP contribution is 2.33. The Morgan fingerprint density at radius 1 is 1.00 bits per heavy atom. The maximum atomic E-state index is 3.92. The Morgan fingerprint density at radius 3 is 2.07 bits per heavy atom. The van der Waals surface area contributed by atoms with Crippen LogP contribution in [0.25, 0.3) is 0 Å². The second-order valence-corrected chi connectivity index (χ2v) is 5.78. The van der Waals surface area contributed by atoms with Crippen molar-refractivity contribution in [1.29, 1.82) is 0 Å². The molecule has 2 unspecified atom stereocenters. The Labute approximate surface area is 88.7 Å². The van der Waals surface area contributed by atoms with Crippen LogP contribution in [0.3, 0.4) is 0 Å². The lowest BCUT2D eigenvalue weighted by atomic mass is 9.78. The minimum absolute atomic E-state index is 0.468. The second kappa shape index (κ2) is 4.22. The summed E-state index contributed by atoms with van der Waals surface area (Å²) in [5.41, 5.74) is 0.468. The van der Waals surface area contributed by atoms with Gasteiger partial charge in [0.15, 0.2) is 0 Å². The summed E-state index contributed by atoms with van der Waals surface area (Å²) in [6.07, 6.45) is 11.4. The highest BCUT2D eigenvalue weighted by atomic mass is 15.0. The molecule has 1 nitrogen and oxygen atoms in total. The van der Waals surface area contributed by atoms with Crippen LogP contribution in [0.2, 0.25) is 0 Å². The first-order chi connectivity index (χ1) is 6.70. The van der Waals surface area contributed by atoms with Crippen LogP contribution in [0, 0.1) is 5.92 Å². The maximum Gasteiger partial charge on any atom is 0.0156 e. The molecule has 2 aliphatic carbocycles. The van der Waals surface area contributed by atoms with Crippen molar-refractivity contribution < 1.29 is 0 Å². The lowest BCUT2D eigenvalue weighted by Crippen LogP contribution is -2.53. The lowest BCUT2D eigenvalue weighted by Gasteiger charge is -2.42.